The number of nitrogens with one attached hydrogen (secondary N) is 2. The molecular weight excluding hydrogens is 406 g/mol. The van der Waals surface area contributed by atoms with Crippen LogP contribution in [0.4, 0.5) is 15.8 Å². The number of benzene rings is 3. The third-order valence-electron chi connectivity index (χ3n) is 3.69. The lowest BCUT2D eigenvalue weighted by atomic mass is 10.0. The van der Waals surface area contributed by atoms with E-state index in [-0.39, 0.29) is 15.9 Å². The monoisotopic (exact) mass is 418 g/mol. The van der Waals surface area contributed by atoms with Crippen LogP contribution in [0.1, 0.15) is 15.9 Å². The van der Waals surface area contributed by atoms with E-state index in [1.165, 1.54) is 12.1 Å². The zero-order chi connectivity index (χ0) is 19.4. The fourth-order valence-corrected chi connectivity index (χ4v) is 2.93. The number of anilines is 2. The summed E-state index contributed by atoms with van der Waals surface area (Å²) in [6, 6.07) is 18.0. The Bertz CT molecular complexity index is 1010. The van der Waals surface area contributed by atoms with Gasteiger partial charge in [0.25, 0.3) is 0 Å². The van der Waals surface area contributed by atoms with Crippen molar-refractivity contribution in [1.29, 1.82) is 0 Å². The van der Waals surface area contributed by atoms with Crippen LogP contribution < -0.4 is 10.6 Å². The number of ketones is 1. The van der Waals surface area contributed by atoms with Crippen LogP contribution in [0.15, 0.2) is 66.7 Å². The van der Waals surface area contributed by atoms with Crippen LogP contribution in [0.3, 0.4) is 0 Å². The van der Waals surface area contributed by atoms with E-state index in [1.54, 1.807) is 48.5 Å². The Kier molecular flexibility index (Phi) is 6.06. The highest BCUT2D eigenvalue weighted by molar-refractivity contribution is 7.80. The normalized spacial score (nSPS) is 10.3. The highest BCUT2D eigenvalue weighted by Crippen LogP contribution is 2.24. The van der Waals surface area contributed by atoms with E-state index in [9.17, 15) is 9.18 Å². The van der Waals surface area contributed by atoms with Crippen molar-refractivity contribution in [2.24, 2.45) is 0 Å². The number of rotatable bonds is 4. The smallest absolute Gasteiger partial charge is 0.195 e. The molecule has 3 rings (SSSR count). The molecule has 3 aromatic carbocycles. The van der Waals surface area contributed by atoms with Gasteiger partial charge in [0, 0.05) is 21.8 Å². The van der Waals surface area contributed by atoms with Crippen LogP contribution in [0.5, 0.6) is 0 Å². The van der Waals surface area contributed by atoms with Crippen LogP contribution in [0.2, 0.25) is 10.0 Å². The number of carbonyl (C=O) groups is 1. The fraction of sp³-hybridized carbons (Fsp3) is 0. The van der Waals surface area contributed by atoms with Crippen LogP contribution in [0.25, 0.3) is 0 Å². The quantitative estimate of drug-likeness (QED) is 0.392. The minimum atomic E-state index is -0.559. The second-order valence-corrected chi connectivity index (χ2v) is 6.84. The highest BCUT2D eigenvalue weighted by Gasteiger charge is 2.15. The molecule has 0 aliphatic rings. The summed E-state index contributed by atoms with van der Waals surface area (Å²) >= 11 is 17.0. The average Bonchev–Trinajstić information content (AvgIpc) is 2.66. The van der Waals surface area contributed by atoms with E-state index in [1.807, 2.05) is 6.07 Å². The summed E-state index contributed by atoms with van der Waals surface area (Å²) < 4.78 is 13.6. The molecule has 0 fully saturated rings. The Morgan fingerprint density at radius 2 is 1.67 bits per heavy atom. The number of thiocarbonyl (C=S) groups is 1. The maximum Gasteiger partial charge on any atom is 0.195 e. The highest BCUT2D eigenvalue weighted by atomic mass is 35.5. The largest absolute Gasteiger partial charge is 0.332 e. The number of halogens is 3. The van der Waals surface area contributed by atoms with Crippen LogP contribution >= 0.6 is 35.4 Å². The molecule has 3 aromatic rings. The molecule has 0 saturated carbocycles. The molecule has 7 heteroatoms. The van der Waals surface area contributed by atoms with Gasteiger partial charge in [-0.3, -0.25) is 4.79 Å². The summed E-state index contributed by atoms with van der Waals surface area (Å²) in [6.45, 7) is 0. The first-order valence-electron chi connectivity index (χ1n) is 7.86. The Labute approximate surface area is 171 Å². The fourth-order valence-electron chi connectivity index (χ4n) is 2.42. The van der Waals surface area contributed by atoms with Crippen LogP contribution in [-0.2, 0) is 0 Å². The Morgan fingerprint density at radius 1 is 0.926 bits per heavy atom. The predicted octanol–water partition coefficient (Wildman–Crippen LogP) is 6.17. The topological polar surface area (TPSA) is 41.1 Å². The van der Waals surface area contributed by atoms with Gasteiger partial charge in [0.2, 0.25) is 0 Å². The first-order chi connectivity index (χ1) is 12.9. The lowest BCUT2D eigenvalue weighted by molar-refractivity contribution is 0.103. The van der Waals surface area contributed by atoms with E-state index < -0.39 is 5.82 Å². The molecule has 136 valence electrons. The number of hydrogen-bond acceptors (Lipinski definition) is 2. The maximum atomic E-state index is 13.6. The van der Waals surface area contributed by atoms with Crippen molar-refractivity contribution in [1.82, 2.24) is 0 Å². The predicted molar refractivity (Wildman–Crippen MR) is 113 cm³/mol. The van der Waals surface area contributed by atoms with Crippen molar-refractivity contribution in [3.63, 3.8) is 0 Å². The molecule has 0 atom stereocenters. The van der Waals surface area contributed by atoms with Gasteiger partial charge in [-0.05, 0) is 48.6 Å². The van der Waals surface area contributed by atoms with E-state index in [2.05, 4.69) is 10.6 Å². The van der Waals surface area contributed by atoms with Gasteiger partial charge in [-0.2, -0.15) is 0 Å². The van der Waals surface area contributed by atoms with Gasteiger partial charge in [-0.15, -0.1) is 0 Å². The molecule has 0 aromatic heterocycles. The second kappa shape index (κ2) is 8.48. The summed E-state index contributed by atoms with van der Waals surface area (Å²) in [5.74, 6) is -0.753. The first kappa shape index (κ1) is 19.3. The average molecular weight is 419 g/mol. The zero-order valence-corrected chi connectivity index (χ0v) is 16.1. The van der Waals surface area contributed by atoms with Gasteiger partial charge in [-0.1, -0.05) is 53.5 Å². The minimum absolute atomic E-state index is 0.0212. The van der Waals surface area contributed by atoms with Gasteiger partial charge < -0.3 is 10.6 Å². The summed E-state index contributed by atoms with van der Waals surface area (Å²) in [5.41, 5.74) is 1.82. The first-order valence-corrected chi connectivity index (χ1v) is 9.03. The molecule has 0 bridgehead atoms. The van der Waals surface area contributed by atoms with E-state index in [0.717, 1.165) is 0 Å². The molecule has 27 heavy (non-hydrogen) atoms. The molecular formula is C20H13Cl2FN2OS. The standard InChI is InChI=1S/C20H13Cl2FN2OS/c21-13-6-9-18(15(10-13)19(26)12-4-2-1-3-5-12)25-20(27)24-14-7-8-16(22)17(23)11-14/h1-11H,(H2,24,25,27). The molecule has 0 aliphatic heterocycles. The van der Waals surface area contributed by atoms with Gasteiger partial charge in [0.15, 0.2) is 10.9 Å². The zero-order valence-electron chi connectivity index (χ0n) is 13.8. The van der Waals surface area contributed by atoms with Crippen molar-refractivity contribution >= 4 is 57.7 Å². The molecule has 0 radical (unpaired) electrons. The van der Waals surface area contributed by atoms with E-state index >= 15 is 0 Å². The van der Waals surface area contributed by atoms with Gasteiger partial charge in [0.05, 0.1) is 10.7 Å². The van der Waals surface area contributed by atoms with Crippen molar-refractivity contribution in [2.75, 3.05) is 10.6 Å². The van der Waals surface area contributed by atoms with Crippen LogP contribution in [0, 0.1) is 5.82 Å². The van der Waals surface area contributed by atoms with E-state index in [4.69, 9.17) is 35.4 Å². The summed E-state index contributed by atoms with van der Waals surface area (Å²) in [5, 5.41) is 6.46. The third kappa shape index (κ3) is 4.83. The van der Waals surface area contributed by atoms with E-state index in [0.29, 0.717) is 27.5 Å². The Morgan fingerprint density at radius 3 is 2.37 bits per heavy atom. The summed E-state index contributed by atoms with van der Waals surface area (Å²) in [4.78, 5) is 12.8. The molecule has 0 aliphatic carbocycles. The summed E-state index contributed by atoms with van der Waals surface area (Å²) in [7, 11) is 0. The van der Waals surface area contributed by atoms with Gasteiger partial charge >= 0.3 is 0 Å². The maximum absolute atomic E-state index is 13.6. The number of hydrogen-bond donors (Lipinski definition) is 2. The SMILES string of the molecule is O=C(c1ccccc1)c1cc(Cl)ccc1NC(=S)Nc1ccc(Cl)c(F)c1. The van der Waals surface area contributed by atoms with Crippen molar-refractivity contribution in [3.05, 3.63) is 93.7 Å². The Hall–Kier alpha value is -2.47. The molecule has 3 nitrogen and oxygen atoms in total. The lowest BCUT2D eigenvalue weighted by Crippen LogP contribution is -2.21. The Balaban J connectivity index is 1.83. The minimum Gasteiger partial charge on any atom is -0.332 e. The lowest BCUT2D eigenvalue weighted by Gasteiger charge is -2.14. The number of carbonyl (C=O) groups excluding carboxylic acids is 1. The van der Waals surface area contributed by atoms with Crippen molar-refractivity contribution < 1.29 is 9.18 Å². The van der Waals surface area contributed by atoms with Crippen molar-refractivity contribution in [2.45, 2.75) is 0 Å². The molecule has 0 heterocycles. The van der Waals surface area contributed by atoms with Crippen LogP contribution in [-0.4, -0.2) is 10.9 Å². The molecule has 0 amide bonds. The summed E-state index contributed by atoms with van der Waals surface area (Å²) in [6.07, 6.45) is 0. The molecule has 0 spiro atoms. The molecule has 2 N–H and O–H groups in total. The third-order valence-corrected chi connectivity index (χ3v) is 4.43. The van der Waals surface area contributed by atoms with Gasteiger partial charge in [-0.25, -0.2) is 4.39 Å². The molecule has 0 unspecified atom stereocenters. The van der Waals surface area contributed by atoms with Gasteiger partial charge in [0.1, 0.15) is 5.82 Å². The molecule has 0 saturated heterocycles. The van der Waals surface area contributed by atoms with Crippen molar-refractivity contribution in [3.8, 4) is 0 Å². The second-order valence-electron chi connectivity index (χ2n) is 5.59.